The maximum absolute atomic E-state index is 12.8. The first-order valence-corrected chi connectivity index (χ1v) is 8.18. The third-order valence-corrected chi connectivity index (χ3v) is 4.25. The van der Waals surface area contributed by atoms with Gasteiger partial charge in [-0.15, -0.1) is 0 Å². The van der Waals surface area contributed by atoms with Crippen molar-refractivity contribution in [3.63, 3.8) is 0 Å². The molecule has 0 radical (unpaired) electrons. The first-order valence-electron chi connectivity index (χ1n) is 8.18. The summed E-state index contributed by atoms with van der Waals surface area (Å²) in [7, 11) is 0. The standard InChI is InChI=1S/C21H21NO/c1-2-6-20(17-7-4-3-5-8-17)21(23)14-16-9-10-19-15-22-12-11-18(19)13-16/h3-5,7-13,15,20H,2,6,14H2,1H3. The number of carbonyl (C=O) groups excluding carboxylic acids is 1. The number of benzene rings is 2. The summed E-state index contributed by atoms with van der Waals surface area (Å²) in [6.07, 6.45) is 6.04. The van der Waals surface area contributed by atoms with Crippen LogP contribution in [-0.2, 0) is 11.2 Å². The van der Waals surface area contributed by atoms with Crippen LogP contribution in [-0.4, -0.2) is 10.8 Å². The minimum atomic E-state index is -0.00524. The highest BCUT2D eigenvalue weighted by Gasteiger charge is 2.19. The number of ketones is 1. The van der Waals surface area contributed by atoms with Gasteiger partial charge in [0, 0.05) is 30.1 Å². The highest BCUT2D eigenvalue weighted by atomic mass is 16.1. The molecule has 1 aromatic heterocycles. The average Bonchev–Trinajstić information content (AvgIpc) is 2.60. The molecule has 0 aliphatic carbocycles. The summed E-state index contributed by atoms with van der Waals surface area (Å²) in [6.45, 7) is 2.13. The van der Waals surface area contributed by atoms with Gasteiger partial charge < -0.3 is 0 Å². The molecule has 0 fully saturated rings. The molecule has 116 valence electrons. The number of nitrogens with zero attached hydrogens (tertiary/aromatic N) is 1. The third-order valence-electron chi connectivity index (χ3n) is 4.25. The average molecular weight is 303 g/mol. The lowest BCUT2D eigenvalue weighted by atomic mass is 9.87. The van der Waals surface area contributed by atoms with Crippen LogP contribution in [0.1, 0.15) is 36.8 Å². The molecule has 23 heavy (non-hydrogen) atoms. The van der Waals surface area contributed by atoms with Crippen LogP contribution in [0.2, 0.25) is 0 Å². The molecule has 3 aromatic rings. The predicted molar refractivity (Wildman–Crippen MR) is 94.5 cm³/mol. The molecule has 2 heteroatoms. The van der Waals surface area contributed by atoms with E-state index in [0.717, 1.165) is 34.7 Å². The predicted octanol–water partition coefficient (Wildman–Crippen LogP) is 4.93. The van der Waals surface area contributed by atoms with Crippen molar-refractivity contribution < 1.29 is 4.79 Å². The van der Waals surface area contributed by atoms with Crippen molar-refractivity contribution in [2.24, 2.45) is 0 Å². The van der Waals surface area contributed by atoms with E-state index in [0.29, 0.717) is 12.2 Å². The zero-order valence-electron chi connectivity index (χ0n) is 13.4. The lowest BCUT2D eigenvalue weighted by molar-refractivity contribution is -0.120. The Hall–Kier alpha value is -2.48. The molecule has 0 saturated carbocycles. The SMILES string of the molecule is CCCC(C(=O)Cc1ccc2cnccc2c1)c1ccccc1. The van der Waals surface area contributed by atoms with E-state index in [1.807, 2.05) is 42.6 Å². The van der Waals surface area contributed by atoms with Crippen molar-refractivity contribution in [1.29, 1.82) is 0 Å². The van der Waals surface area contributed by atoms with Crippen molar-refractivity contribution in [1.82, 2.24) is 4.98 Å². The van der Waals surface area contributed by atoms with Crippen LogP contribution in [0, 0.1) is 0 Å². The van der Waals surface area contributed by atoms with Crippen LogP contribution < -0.4 is 0 Å². The molecule has 2 aromatic carbocycles. The number of Topliss-reactive ketones (excluding diaryl/α,β-unsaturated/α-hetero) is 1. The maximum Gasteiger partial charge on any atom is 0.144 e. The van der Waals surface area contributed by atoms with Gasteiger partial charge in [0.15, 0.2) is 0 Å². The largest absolute Gasteiger partial charge is 0.299 e. The molecule has 2 nitrogen and oxygen atoms in total. The highest BCUT2D eigenvalue weighted by Crippen LogP contribution is 2.24. The highest BCUT2D eigenvalue weighted by molar-refractivity contribution is 5.89. The Kier molecular flexibility index (Phi) is 4.82. The fourth-order valence-electron chi connectivity index (χ4n) is 3.05. The van der Waals surface area contributed by atoms with Crippen LogP contribution in [0.4, 0.5) is 0 Å². The van der Waals surface area contributed by atoms with E-state index in [1.54, 1.807) is 6.20 Å². The summed E-state index contributed by atoms with van der Waals surface area (Å²) in [4.78, 5) is 17.0. The molecule has 0 aliphatic heterocycles. The van der Waals surface area contributed by atoms with Crippen molar-refractivity contribution in [3.05, 3.63) is 78.1 Å². The first-order chi connectivity index (χ1) is 11.3. The smallest absolute Gasteiger partial charge is 0.144 e. The van der Waals surface area contributed by atoms with Crippen molar-refractivity contribution in [3.8, 4) is 0 Å². The van der Waals surface area contributed by atoms with E-state index in [4.69, 9.17) is 0 Å². The molecular formula is C21H21NO. The van der Waals surface area contributed by atoms with Crippen molar-refractivity contribution in [2.75, 3.05) is 0 Å². The van der Waals surface area contributed by atoms with Gasteiger partial charge in [-0.1, -0.05) is 61.9 Å². The van der Waals surface area contributed by atoms with Crippen molar-refractivity contribution in [2.45, 2.75) is 32.1 Å². The van der Waals surface area contributed by atoms with Gasteiger partial charge in [0.25, 0.3) is 0 Å². The molecule has 1 heterocycles. The van der Waals surface area contributed by atoms with Gasteiger partial charge in [0.1, 0.15) is 5.78 Å². The maximum atomic E-state index is 12.8. The van der Waals surface area contributed by atoms with Crippen molar-refractivity contribution >= 4 is 16.6 Å². The molecule has 3 rings (SSSR count). The summed E-state index contributed by atoms with van der Waals surface area (Å²) in [5.41, 5.74) is 2.20. The Bertz CT molecular complexity index is 795. The number of hydrogen-bond acceptors (Lipinski definition) is 2. The Morgan fingerprint density at radius 3 is 2.65 bits per heavy atom. The van der Waals surface area contributed by atoms with Gasteiger partial charge >= 0.3 is 0 Å². The number of carbonyl (C=O) groups is 1. The van der Waals surface area contributed by atoms with Gasteiger partial charge in [-0.25, -0.2) is 0 Å². The van der Waals surface area contributed by atoms with E-state index in [9.17, 15) is 4.79 Å². The fraction of sp³-hybridized carbons (Fsp3) is 0.238. The normalized spacial score (nSPS) is 12.2. The quantitative estimate of drug-likeness (QED) is 0.646. The summed E-state index contributed by atoms with van der Waals surface area (Å²) >= 11 is 0. The Morgan fingerprint density at radius 2 is 1.87 bits per heavy atom. The summed E-state index contributed by atoms with van der Waals surface area (Å²) in [6, 6.07) is 18.3. The molecule has 1 atom stereocenters. The van der Waals surface area contributed by atoms with Gasteiger partial charge in [-0.05, 0) is 29.0 Å². The topological polar surface area (TPSA) is 30.0 Å². The minimum absolute atomic E-state index is 0.00524. The van der Waals surface area contributed by atoms with Gasteiger partial charge in [-0.2, -0.15) is 0 Å². The number of fused-ring (bicyclic) bond motifs is 1. The van der Waals surface area contributed by atoms with Gasteiger partial charge in [-0.3, -0.25) is 9.78 Å². The zero-order valence-corrected chi connectivity index (χ0v) is 13.4. The number of aromatic nitrogens is 1. The monoisotopic (exact) mass is 303 g/mol. The number of rotatable bonds is 6. The fourth-order valence-corrected chi connectivity index (χ4v) is 3.05. The van der Waals surface area contributed by atoms with E-state index >= 15 is 0 Å². The Labute approximate surface area is 137 Å². The molecule has 0 amide bonds. The first kappa shape index (κ1) is 15.4. The molecule has 0 N–H and O–H groups in total. The van der Waals surface area contributed by atoms with Gasteiger partial charge in [0.2, 0.25) is 0 Å². The summed E-state index contributed by atoms with van der Waals surface area (Å²) in [5, 5.41) is 2.24. The molecule has 0 saturated heterocycles. The molecule has 0 spiro atoms. The van der Waals surface area contributed by atoms with Crippen LogP contribution in [0.5, 0.6) is 0 Å². The number of hydrogen-bond donors (Lipinski definition) is 0. The lowest BCUT2D eigenvalue weighted by Crippen LogP contribution is -2.15. The van der Waals surface area contributed by atoms with Crippen LogP contribution in [0.25, 0.3) is 10.8 Å². The summed E-state index contributed by atoms with van der Waals surface area (Å²) in [5.74, 6) is 0.292. The van der Waals surface area contributed by atoms with E-state index < -0.39 is 0 Å². The van der Waals surface area contributed by atoms with E-state index in [1.165, 1.54) is 0 Å². The second kappa shape index (κ2) is 7.19. The van der Waals surface area contributed by atoms with Crippen LogP contribution >= 0.6 is 0 Å². The number of pyridine rings is 1. The Balaban J connectivity index is 1.82. The van der Waals surface area contributed by atoms with Crippen LogP contribution in [0.15, 0.2) is 67.0 Å². The van der Waals surface area contributed by atoms with E-state index in [2.05, 4.69) is 30.1 Å². The second-order valence-corrected chi connectivity index (χ2v) is 5.95. The second-order valence-electron chi connectivity index (χ2n) is 5.95. The molecule has 0 aliphatic rings. The molecule has 0 bridgehead atoms. The van der Waals surface area contributed by atoms with Crippen LogP contribution in [0.3, 0.4) is 0 Å². The molecule has 1 unspecified atom stereocenters. The lowest BCUT2D eigenvalue weighted by Gasteiger charge is -2.15. The summed E-state index contributed by atoms with van der Waals surface area (Å²) < 4.78 is 0. The van der Waals surface area contributed by atoms with Gasteiger partial charge in [0.05, 0.1) is 0 Å². The zero-order chi connectivity index (χ0) is 16.1. The third kappa shape index (κ3) is 3.65. The Morgan fingerprint density at radius 1 is 1.04 bits per heavy atom. The van der Waals surface area contributed by atoms with E-state index in [-0.39, 0.29) is 5.92 Å². The molecular weight excluding hydrogens is 282 g/mol. The minimum Gasteiger partial charge on any atom is -0.299 e.